The Hall–Kier alpha value is -2.39. The van der Waals surface area contributed by atoms with Crippen molar-refractivity contribution in [2.45, 2.75) is 6.54 Å². The van der Waals surface area contributed by atoms with Gasteiger partial charge in [-0.15, -0.1) is 12.4 Å². The topological polar surface area (TPSA) is 117 Å². The first-order valence-electron chi connectivity index (χ1n) is 7.07. The summed E-state index contributed by atoms with van der Waals surface area (Å²) in [6.07, 6.45) is 0. The van der Waals surface area contributed by atoms with Crippen LogP contribution in [0.25, 0.3) is 0 Å². The zero-order chi connectivity index (χ0) is 17.2. The minimum atomic E-state index is -0.486. The van der Waals surface area contributed by atoms with Crippen molar-refractivity contribution in [2.24, 2.45) is 0 Å². The van der Waals surface area contributed by atoms with Crippen molar-refractivity contribution < 1.29 is 14.5 Å². The van der Waals surface area contributed by atoms with E-state index < -0.39 is 11.0 Å². The van der Waals surface area contributed by atoms with Gasteiger partial charge < -0.3 is 20.9 Å². The summed E-state index contributed by atoms with van der Waals surface area (Å²) in [5, 5.41) is 18.5. The lowest BCUT2D eigenvalue weighted by Gasteiger charge is -2.17. The number of nitrogens with zero attached hydrogens (tertiary/aromatic N) is 2. The van der Waals surface area contributed by atoms with Crippen LogP contribution in [0.5, 0.6) is 0 Å². The first-order chi connectivity index (χ1) is 10.9. The zero-order valence-electron chi connectivity index (χ0n) is 13.6. The van der Waals surface area contributed by atoms with E-state index in [-0.39, 0.29) is 37.1 Å². The van der Waals surface area contributed by atoms with Crippen molar-refractivity contribution in [2.75, 3.05) is 33.7 Å². The molecule has 10 heteroatoms. The van der Waals surface area contributed by atoms with Gasteiger partial charge in [-0.3, -0.25) is 14.9 Å². The largest absolute Gasteiger partial charge is 0.343 e. The molecular formula is C14H22ClN5O4. The fourth-order valence-corrected chi connectivity index (χ4v) is 1.68. The molecular weight excluding hydrogens is 338 g/mol. The number of nitro benzene ring substituents is 1. The quantitative estimate of drug-likeness (QED) is 0.461. The number of amides is 3. The third-order valence-corrected chi connectivity index (χ3v) is 3.12. The molecule has 0 aliphatic carbocycles. The average Bonchev–Trinajstić information content (AvgIpc) is 2.55. The number of nitrogens with one attached hydrogen (secondary N) is 3. The highest BCUT2D eigenvalue weighted by atomic mass is 35.5. The number of non-ortho nitro benzene ring substituents is 1. The highest BCUT2D eigenvalue weighted by Crippen LogP contribution is 2.11. The van der Waals surface area contributed by atoms with Crippen molar-refractivity contribution >= 4 is 30.0 Å². The van der Waals surface area contributed by atoms with Crippen LogP contribution in [-0.2, 0) is 11.3 Å². The molecule has 1 aromatic rings. The molecule has 0 radical (unpaired) electrons. The van der Waals surface area contributed by atoms with Crippen LogP contribution in [0.3, 0.4) is 0 Å². The highest BCUT2D eigenvalue weighted by molar-refractivity contribution is 5.85. The van der Waals surface area contributed by atoms with E-state index in [2.05, 4.69) is 16.0 Å². The van der Waals surface area contributed by atoms with Gasteiger partial charge in [-0.05, 0) is 12.6 Å². The molecule has 0 aliphatic heterocycles. The molecule has 0 saturated carbocycles. The molecule has 0 fully saturated rings. The molecule has 0 atom stereocenters. The predicted octanol–water partition coefficient (Wildman–Crippen LogP) is 0.494. The number of hydrogen-bond donors (Lipinski definition) is 3. The summed E-state index contributed by atoms with van der Waals surface area (Å²) >= 11 is 0. The van der Waals surface area contributed by atoms with Crippen LogP contribution in [0.4, 0.5) is 10.5 Å². The number of rotatable bonds is 8. The van der Waals surface area contributed by atoms with Crippen LogP contribution in [0.2, 0.25) is 0 Å². The van der Waals surface area contributed by atoms with Gasteiger partial charge in [0.25, 0.3) is 5.69 Å². The minimum absolute atomic E-state index is 0. The first-order valence-corrected chi connectivity index (χ1v) is 7.07. The predicted molar refractivity (Wildman–Crippen MR) is 92.1 cm³/mol. The maximum absolute atomic E-state index is 11.7. The molecule has 0 aliphatic rings. The second-order valence-corrected chi connectivity index (χ2v) is 4.88. The van der Waals surface area contributed by atoms with Gasteiger partial charge in [-0.2, -0.15) is 0 Å². The van der Waals surface area contributed by atoms with E-state index >= 15 is 0 Å². The highest BCUT2D eigenvalue weighted by Gasteiger charge is 2.10. The third-order valence-electron chi connectivity index (χ3n) is 3.12. The second kappa shape index (κ2) is 11.2. The summed E-state index contributed by atoms with van der Waals surface area (Å²) in [5.41, 5.74) is 0.719. The number of halogens is 1. The van der Waals surface area contributed by atoms with Crippen molar-refractivity contribution in [3.8, 4) is 0 Å². The fraction of sp³-hybridized carbons (Fsp3) is 0.429. The van der Waals surface area contributed by atoms with Crippen LogP contribution >= 0.6 is 12.4 Å². The number of urea groups is 1. The smallest absolute Gasteiger partial charge is 0.315 e. The van der Waals surface area contributed by atoms with Gasteiger partial charge in [0.15, 0.2) is 0 Å². The molecule has 0 spiro atoms. The van der Waals surface area contributed by atoms with Gasteiger partial charge in [-0.25, -0.2) is 4.79 Å². The van der Waals surface area contributed by atoms with E-state index in [4.69, 9.17) is 0 Å². The van der Waals surface area contributed by atoms with E-state index in [0.29, 0.717) is 13.1 Å². The number of carbonyl (C=O) groups is 2. The number of hydrogen-bond acceptors (Lipinski definition) is 5. The Kier molecular flexibility index (Phi) is 10.1. The van der Waals surface area contributed by atoms with Crippen LogP contribution in [0, 0.1) is 10.1 Å². The van der Waals surface area contributed by atoms with Crippen LogP contribution in [-0.4, -0.2) is 55.5 Å². The van der Waals surface area contributed by atoms with E-state index in [0.717, 1.165) is 5.56 Å². The minimum Gasteiger partial charge on any atom is -0.343 e. The Balaban J connectivity index is 0.00000529. The molecule has 0 unspecified atom stereocenters. The lowest BCUT2D eigenvalue weighted by atomic mass is 10.2. The van der Waals surface area contributed by atoms with Gasteiger partial charge in [-0.1, -0.05) is 12.1 Å². The molecule has 1 rings (SSSR count). The molecule has 9 nitrogen and oxygen atoms in total. The van der Waals surface area contributed by atoms with E-state index in [1.807, 2.05) is 0 Å². The normalized spacial score (nSPS) is 9.58. The molecule has 0 aromatic heterocycles. The Bertz CT molecular complexity index is 553. The molecule has 0 bridgehead atoms. The summed E-state index contributed by atoms with van der Waals surface area (Å²) in [6.45, 7) is 1.36. The van der Waals surface area contributed by atoms with Gasteiger partial charge >= 0.3 is 6.03 Å². The average molecular weight is 360 g/mol. The van der Waals surface area contributed by atoms with Crippen LogP contribution in [0.15, 0.2) is 24.3 Å². The van der Waals surface area contributed by atoms with Crippen molar-refractivity contribution in [1.29, 1.82) is 0 Å². The van der Waals surface area contributed by atoms with Gasteiger partial charge in [0.2, 0.25) is 5.91 Å². The van der Waals surface area contributed by atoms with Crippen LogP contribution in [0.1, 0.15) is 5.56 Å². The first kappa shape index (κ1) is 21.6. The Morgan fingerprint density at radius 3 is 2.38 bits per heavy atom. The van der Waals surface area contributed by atoms with Crippen molar-refractivity contribution in [3.05, 3.63) is 39.9 Å². The fourth-order valence-electron chi connectivity index (χ4n) is 1.68. The van der Waals surface area contributed by atoms with E-state index in [1.54, 1.807) is 26.2 Å². The molecule has 1 aromatic carbocycles. The summed E-state index contributed by atoms with van der Waals surface area (Å²) < 4.78 is 0. The van der Waals surface area contributed by atoms with Gasteiger partial charge in [0, 0.05) is 38.8 Å². The van der Waals surface area contributed by atoms with Crippen LogP contribution < -0.4 is 16.0 Å². The monoisotopic (exact) mass is 359 g/mol. The van der Waals surface area contributed by atoms with Gasteiger partial charge in [0.05, 0.1) is 11.5 Å². The van der Waals surface area contributed by atoms with E-state index in [1.165, 1.54) is 17.0 Å². The number of carbonyl (C=O) groups excluding carboxylic acids is 2. The zero-order valence-corrected chi connectivity index (χ0v) is 14.4. The molecule has 3 amide bonds. The summed E-state index contributed by atoms with van der Waals surface area (Å²) in [6, 6.07) is 5.40. The lowest BCUT2D eigenvalue weighted by molar-refractivity contribution is -0.384. The van der Waals surface area contributed by atoms with Crippen molar-refractivity contribution in [3.63, 3.8) is 0 Å². The maximum atomic E-state index is 11.7. The Morgan fingerprint density at radius 2 is 1.83 bits per heavy atom. The molecule has 134 valence electrons. The van der Waals surface area contributed by atoms with Crippen molar-refractivity contribution in [1.82, 2.24) is 20.9 Å². The SMILES string of the molecule is CNCCN(C)C(=O)CNC(=O)NCc1ccc([N+](=O)[O-])cc1.Cl. The van der Waals surface area contributed by atoms with E-state index in [9.17, 15) is 19.7 Å². The Morgan fingerprint density at radius 1 is 1.21 bits per heavy atom. The summed E-state index contributed by atoms with van der Waals surface area (Å²) in [7, 11) is 3.46. The number of likely N-dealkylation sites (N-methyl/N-ethyl adjacent to an activating group) is 2. The molecule has 24 heavy (non-hydrogen) atoms. The summed E-state index contributed by atoms with van der Waals surface area (Å²) in [5.74, 6) is -0.189. The number of nitro groups is 1. The molecule has 0 saturated heterocycles. The lowest BCUT2D eigenvalue weighted by Crippen LogP contribution is -2.43. The summed E-state index contributed by atoms with van der Waals surface area (Å²) in [4.78, 5) is 34.9. The molecule has 3 N–H and O–H groups in total. The third kappa shape index (κ3) is 7.75. The standard InChI is InChI=1S/C14H21N5O4.ClH/c1-15-7-8-18(2)13(20)10-17-14(21)16-9-11-3-5-12(6-4-11)19(22)23;/h3-6,15H,7-10H2,1-2H3,(H2,16,17,21);1H. The number of benzene rings is 1. The molecule has 0 heterocycles. The second-order valence-electron chi connectivity index (χ2n) is 4.88. The van der Waals surface area contributed by atoms with Gasteiger partial charge in [0.1, 0.15) is 0 Å². The Labute approximate surface area is 146 Å². The maximum Gasteiger partial charge on any atom is 0.315 e.